The van der Waals surface area contributed by atoms with Crippen LogP contribution in [0.15, 0.2) is 4.99 Å². The number of carbonyl (C=O) groups is 1. The molecule has 0 saturated heterocycles. The van der Waals surface area contributed by atoms with Gasteiger partial charge in [-0.2, -0.15) is 0 Å². The highest BCUT2D eigenvalue weighted by Crippen LogP contribution is 2.24. The molecule has 0 bridgehead atoms. The highest BCUT2D eigenvalue weighted by Gasteiger charge is 2.30. The van der Waals surface area contributed by atoms with Crippen molar-refractivity contribution in [3.8, 4) is 0 Å². The van der Waals surface area contributed by atoms with Crippen LogP contribution in [0.5, 0.6) is 0 Å². The minimum Gasteiger partial charge on any atom is -0.463 e. The molecule has 0 radical (unpaired) electrons. The van der Waals surface area contributed by atoms with Crippen molar-refractivity contribution >= 4 is 11.7 Å². The van der Waals surface area contributed by atoms with Crippen molar-refractivity contribution in [2.24, 2.45) is 10.4 Å². The van der Waals surface area contributed by atoms with E-state index in [1.165, 1.54) is 0 Å². The first-order chi connectivity index (χ1) is 8.46. The molecule has 0 N–H and O–H groups in total. The minimum atomic E-state index is -0.545. The van der Waals surface area contributed by atoms with E-state index in [4.69, 9.17) is 9.47 Å². The highest BCUT2D eigenvalue weighted by molar-refractivity contribution is 5.79. The molecule has 0 saturated carbocycles. The van der Waals surface area contributed by atoms with Crippen molar-refractivity contribution in [2.75, 3.05) is 6.61 Å². The zero-order valence-electron chi connectivity index (χ0n) is 13.7. The van der Waals surface area contributed by atoms with Gasteiger partial charge in [-0.3, -0.25) is 9.79 Å². The van der Waals surface area contributed by atoms with Crippen LogP contribution in [0.2, 0.25) is 0 Å². The molecule has 0 unspecified atom stereocenters. The monoisotopic (exact) mass is 271 g/mol. The van der Waals surface area contributed by atoms with Crippen LogP contribution in [0.1, 0.15) is 61.8 Å². The molecular formula is C15H29NO3. The Morgan fingerprint density at radius 1 is 1.16 bits per heavy atom. The molecule has 0 aromatic heterocycles. The zero-order valence-corrected chi connectivity index (χ0v) is 13.7. The summed E-state index contributed by atoms with van der Waals surface area (Å²) in [5.74, 6) is -0.181. The molecule has 0 spiro atoms. The van der Waals surface area contributed by atoms with Crippen molar-refractivity contribution in [2.45, 2.75) is 73.6 Å². The van der Waals surface area contributed by atoms with Crippen LogP contribution in [-0.2, 0) is 14.3 Å². The van der Waals surface area contributed by atoms with Crippen LogP contribution in [0.3, 0.4) is 0 Å². The van der Waals surface area contributed by atoms with E-state index in [1.54, 1.807) is 0 Å². The second kappa shape index (κ2) is 7.04. The summed E-state index contributed by atoms with van der Waals surface area (Å²) in [6.07, 6.45) is 0.525. The van der Waals surface area contributed by atoms with Gasteiger partial charge in [0.1, 0.15) is 0 Å². The number of esters is 1. The Balaban J connectivity index is 4.33. The van der Waals surface area contributed by atoms with Crippen molar-refractivity contribution in [1.29, 1.82) is 0 Å². The smallest absolute Gasteiger partial charge is 0.311 e. The predicted molar refractivity (Wildman–Crippen MR) is 78.4 cm³/mol. The quantitative estimate of drug-likeness (QED) is 0.525. The van der Waals surface area contributed by atoms with Crippen molar-refractivity contribution in [3.05, 3.63) is 0 Å². The van der Waals surface area contributed by atoms with Gasteiger partial charge in [-0.05, 0) is 61.8 Å². The van der Waals surface area contributed by atoms with Crippen LogP contribution in [-0.4, -0.2) is 30.1 Å². The maximum atomic E-state index is 11.9. The Kier molecular flexibility index (Phi) is 6.70. The molecule has 4 nitrogen and oxygen atoms in total. The maximum Gasteiger partial charge on any atom is 0.311 e. The summed E-state index contributed by atoms with van der Waals surface area (Å²) in [4.78, 5) is 16.3. The Morgan fingerprint density at radius 3 is 2.11 bits per heavy atom. The largest absolute Gasteiger partial charge is 0.463 e. The fraction of sp³-hybridized carbons (Fsp3) is 0.867. The number of rotatable bonds is 7. The molecule has 0 atom stereocenters. The SMILES string of the molecule is CC(C)=NC(C)(C)OCCC(C)(C)C(=O)OC(C)C. The average molecular weight is 271 g/mol. The van der Waals surface area contributed by atoms with Gasteiger partial charge in [-0.25, -0.2) is 0 Å². The second-order valence-corrected chi connectivity index (χ2v) is 6.44. The van der Waals surface area contributed by atoms with Gasteiger partial charge in [0, 0.05) is 5.71 Å². The lowest BCUT2D eigenvalue weighted by molar-refractivity contribution is -0.159. The summed E-state index contributed by atoms with van der Waals surface area (Å²) in [5.41, 5.74) is -0.106. The van der Waals surface area contributed by atoms with Gasteiger partial charge < -0.3 is 9.47 Å². The number of carbonyl (C=O) groups excluding carboxylic acids is 1. The van der Waals surface area contributed by atoms with Crippen LogP contribution < -0.4 is 0 Å². The molecule has 0 rings (SSSR count). The van der Waals surface area contributed by atoms with Gasteiger partial charge in [-0.15, -0.1) is 0 Å². The third-order valence-electron chi connectivity index (χ3n) is 2.57. The van der Waals surface area contributed by atoms with Crippen LogP contribution in [0.25, 0.3) is 0 Å². The molecular weight excluding hydrogens is 242 g/mol. The molecule has 19 heavy (non-hydrogen) atoms. The normalized spacial score (nSPS) is 12.5. The summed E-state index contributed by atoms with van der Waals surface area (Å²) in [6.45, 7) is 15.6. The van der Waals surface area contributed by atoms with Crippen molar-refractivity contribution in [3.63, 3.8) is 0 Å². The second-order valence-electron chi connectivity index (χ2n) is 6.44. The fourth-order valence-electron chi connectivity index (χ4n) is 1.60. The van der Waals surface area contributed by atoms with Crippen LogP contribution in [0.4, 0.5) is 0 Å². The van der Waals surface area contributed by atoms with Gasteiger partial charge in [0.25, 0.3) is 0 Å². The van der Waals surface area contributed by atoms with Crippen LogP contribution in [0, 0.1) is 5.41 Å². The van der Waals surface area contributed by atoms with E-state index >= 15 is 0 Å². The first-order valence-corrected chi connectivity index (χ1v) is 6.84. The summed E-state index contributed by atoms with van der Waals surface area (Å²) in [6, 6.07) is 0. The first-order valence-electron chi connectivity index (χ1n) is 6.84. The molecule has 0 heterocycles. The van der Waals surface area contributed by atoms with E-state index in [-0.39, 0.29) is 12.1 Å². The van der Waals surface area contributed by atoms with Gasteiger partial charge in [0.15, 0.2) is 5.72 Å². The Hall–Kier alpha value is -0.900. The Bertz CT molecular complexity index is 326. The fourth-order valence-corrected chi connectivity index (χ4v) is 1.60. The Labute approximate surface area is 117 Å². The van der Waals surface area contributed by atoms with Crippen molar-refractivity contribution < 1.29 is 14.3 Å². The molecule has 0 fully saturated rings. The van der Waals surface area contributed by atoms with E-state index in [1.807, 2.05) is 55.4 Å². The zero-order chi connectivity index (χ0) is 15.3. The third-order valence-corrected chi connectivity index (χ3v) is 2.57. The lowest BCUT2D eigenvalue weighted by atomic mass is 9.90. The maximum absolute atomic E-state index is 11.9. The van der Waals surface area contributed by atoms with E-state index in [0.29, 0.717) is 13.0 Å². The van der Waals surface area contributed by atoms with E-state index in [9.17, 15) is 4.79 Å². The summed E-state index contributed by atoms with van der Waals surface area (Å²) < 4.78 is 11.0. The summed E-state index contributed by atoms with van der Waals surface area (Å²) >= 11 is 0. The topological polar surface area (TPSA) is 47.9 Å². The van der Waals surface area contributed by atoms with Gasteiger partial charge in [0.2, 0.25) is 0 Å². The molecule has 0 aromatic carbocycles. The number of nitrogens with zero attached hydrogens (tertiary/aromatic N) is 1. The van der Waals surface area contributed by atoms with E-state index in [0.717, 1.165) is 5.71 Å². The lowest BCUT2D eigenvalue weighted by Crippen LogP contribution is -2.32. The highest BCUT2D eigenvalue weighted by atomic mass is 16.5. The molecule has 0 aliphatic carbocycles. The number of hydrogen-bond acceptors (Lipinski definition) is 4. The van der Waals surface area contributed by atoms with Gasteiger partial charge >= 0.3 is 5.97 Å². The predicted octanol–water partition coefficient (Wildman–Crippen LogP) is 3.59. The number of aliphatic imine (C=N–C) groups is 1. The number of hydrogen-bond donors (Lipinski definition) is 0. The van der Waals surface area contributed by atoms with E-state index < -0.39 is 11.1 Å². The van der Waals surface area contributed by atoms with E-state index in [2.05, 4.69) is 4.99 Å². The van der Waals surface area contributed by atoms with Gasteiger partial charge in [0.05, 0.1) is 18.1 Å². The minimum absolute atomic E-state index is 0.0866. The summed E-state index contributed by atoms with van der Waals surface area (Å²) in [5, 5.41) is 0. The van der Waals surface area contributed by atoms with Crippen LogP contribution >= 0.6 is 0 Å². The van der Waals surface area contributed by atoms with Gasteiger partial charge in [-0.1, -0.05) is 0 Å². The first kappa shape index (κ1) is 18.1. The lowest BCUT2D eigenvalue weighted by Gasteiger charge is -2.27. The summed E-state index contributed by atoms with van der Waals surface area (Å²) in [7, 11) is 0. The van der Waals surface area contributed by atoms with Crippen molar-refractivity contribution in [1.82, 2.24) is 0 Å². The average Bonchev–Trinajstić information content (AvgIpc) is 2.12. The molecule has 0 aliphatic heterocycles. The molecule has 0 aromatic rings. The third kappa shape index (κ3) is 7.98. The molecule has 0 aliphatic rings. The Morgan fingerprint density at radius 2 is 1.68 bits per heavy atom. The standard InChI is InChI=1S/C15H29NO3/c1-11(2)16-15(7,8)18-10-9-14(5,6)13(17)19-12(3)4/h12H,9-10H2,1-8H3. The molecule has 4 heteroatoms. The molecule has 112 valence electrons. The number of ether oxygens (including phenoxy) is 2. The molecule has 0 amide bonds.